The number of carbonyl (C=O) groups is 2. The van der Waals surface area contributed by atoms with Crippen LogP contribution in [0, 0.1) is 5.92 Å². The van der Waals surface area contributed by atoms with Crippen LogP contribution in [0.15, 0.2) is 24.3 Å². The highest BCUT2D eigenvalue weighted by atomic mass is 16.1. The first kappa shape index (κ1) is 15.9. The predicted molar refractivity (Wildman–Crippen MR) is 85.7 cm³/mol. The molecular weight excluding hydrogens is 260 g/mol. The minimum Gasteiger partial charge on any atom is -0.299 e. The fourth-order valence-electron chi connectivity index (χ4n) is 3.28. The summed E-state index contributed by atoms with van der Waals surface area (Å²) in [7, 11) is 0. The summed E-state index contributed by atoms with van der Waals surface area (Å²) in [5.41, 5.74) is 1.87. The zero-order valence-corrected chi connectivity index (χ0v) is 13.2. The summed E-state index contributed by atoms with van der Waals surface area (Å²) in [5, 5.41) is 0. The predicted octanol–water partition coefficient (Wildman–Crippen LogP) is 4.92. The van der Waals surface area contributed by atoms with Gasteiger partial charge in [-0.25, -0.2) is 0 Å². The lowest BCUT2D eigenvalue weighted by Gasteiger charge is -2.27. The maximum absolute atomic E-state index is 12.5. The van der Waals surface area contributed by atoms with Crippen molar-refractivity contribution in [2.24, 2.45) is 5.92 Å². The van der Waals surface area contributed by atoms with E-state index in [1.54, 1.807) is 0 Å². The van der Waals surface area contributed by atoms with E-state index in [-0.39, 0.29) is 11.6 Å². The maximum Gasteiger partial charge on any atom is 0.173 e. The highest BCUT2D eigenvalue weighted by molar-refractivity contribution is 6.12. The first-order valence-electron chi connectivity index (χ1n) is 8.31. The molecule has 0 N–H and O–H groups in total. The first-order valence-corrected chi connectivity index (χ1v) is 8.31. The number of hydrogen-bond acceptors (Lipinski definition) is 2. The number of Topliss-reactive ketones (excluding diaryl/α,β-unsaturated/α-hetero) is 2. The van der Waals surface area contributed by atoms with Gasteiger partial charge in [0, 0.05) is 12.0 Å². The molecule has 1 aliphatic carbocycles. The van der Waals surface area contributed by atoms with Gasteiger partial charge in [0.1, 0.15) is 5.78 Å². The molecule has 0 bridgehead atoms. The third-order valence-electron chi connectivity index (χ3n) is 4.58. The highest BCUT2D eigenvalue weighted by Gasteiger charge is 2.35. The molecule has 1 aromatic carbocycles. The van der Waals surface area contributed by atoms with Crippen LogP contribution in [0.2, 0.25) is 0 Å². The quantitative estimate of drug-likeness (QED) is 0.526. The van der Waals surface area contributed by atoms with Gasteiger partial charge in [-0.15, -0.1) is 0 Å². The smallest absolute Gasteiger partial charge is 0.173 e. The van der Waals surface area contributed by atoms with E-state index in [2.05, 4.69) is 13.8 Å². The molecule has 0 fully saturated rings. The Bertz CT molecular complexity index is 504. The van der Waals surface area contributed by atoms with Gasteiger partial charge in [-0.3, -0.25) is 9.59 Å². The number of unbranched alkanes of at least 4 members (excludes halogenated alkanes) is 4. The van der Waals surface area contributed by atoms with Crippen LogP contribution in [0.1, 0.15) is 80.6 Å². The normalized spacial score (nSPS) is 21.1. The number of carbonyl (C=O) groups excluding carboxylic acids is 2. The molecule has 2 unspecified atom stereocenters. The van der Waals surface area contributed by atoms with Crippen molar-refractivity contribution in [1.29, 1.82) is 0 Å². The summed E-state index contributed by atoms with van der Waals surface area (Å²) in [6, 6.07) is 7.75. The van der Waals surface area contributed by atoms with E-state index in [0.29, 0.717) is 18.8 Å². The lowest BCUT2D eigenvalue weighted by molar-refractivity contribution is -0.122. The fourth-order valence-corrected chi connectivity index (χ4v) is 3.28. The molecule has 1 aliphatic rings. The van der Waals surface area contributed by atoms with Gasteiger partial charge in [0.25, 0.3) is 0 Å². The fraction of sp³-hybridized carbons (Fsp3) is 0.579. The Morgan fingerprint density at radius 3 is 2.62 bits per heavy atom. The summed E-state index contributed by atoms with van der Waals surface area (Å²) < 4.78 is 0. The van der Waals surface area contributed by atoms with Crippen molar-refractivity contribution in [3.8, 4) is 0 Å². The molecule has 0 aliphatic heterocycles. The molecule has 1 aromatic rings. The number of rotatable bonds is 7. The van der Waals surface area contributed by atoms with Gasteiger partial charge in [-0.1, -0.05) is 63.8 Å². The zero-order chi connectivity index (χ0) is 15.2. The molecule has 0 aromatic heterocycles. The third kappa shape index (κ3) is 3.81. The topological polar surface area (TPSA) is 34.1 Å². The van der Waals surface area contributed by atoms with E-state index in [1.807, 2.05) is 24.3 Å². The van der Waals surface area contributed by atoms with Gasteiger partial charge >= 0.3 is 0 Å². The molecule has 0 spiro atoms. The Balaban J connectivity index is 1.95. The van der Waals surface area contributed by atoms with E-state index >= 15 is 0 Å². The Hall–Kier alpha value is -1.44. The second kappa shape index (κ2) is 7.53. The van der Waals surface area contributed by atoms with Gasteiger partial charge < -0.3 is 0 Å². The summed E-state index contributed by atoms with van der Waals surface area (Å²) in [5.74, 6) is 0.0918. The summed E-state index contributed by atoms with van der Waals surface area (Å²) in [6.45, 7) is 4.30. The van der Waals surface area contributed by atoms with Crippen LogP contribution in [-0.2, 0) is 4.79 Å². The van der Waals surface area contributed by atoms with Crippen molar-refractivity contribution in [1.82, 2.24) is 0 Å². The largest absolute Gasteiger partial charge is 0.299 e. The van der Waals surface area contributed by atoms with Crippen molar-refractivity contribution >= 4 is 11.6 Å². The van der Waals surface area contributed by atoms with Gasteiger partial charge in [-0.2, -0.15) is 0 Å². The van der Waals surface area contributed by atoms with Crippen molar-refractivity contribution in [2.75, 3.05) is 0 Å². The average Bonchev–Trinajstić information content (AvgIpc) is 2.50. The Labute approximate surface area is 127 Å². The standard InChI is InChI=1S/C19H26O2/c1-3-4-5-6-7-12-18(20)17-13-14(2)15-10-8-9-11-16(15)19(17)21/h8-11,14,17H,3-7,12-13H2,1-2H3. The first-order chi connectivity index (χ1) is 10.1. The molecule has 2 atom stereocenters. The monoisotopic (exact) mass is 286 g/mol. The van der Waals surface area contributed by atoms with Gasteiger partial charge in [-0.05, 0) is 24.3 Å². The number of hydrogen-bond donors (Lipinski definition) is 0. The SMILES string of the molecule is CCCCCCCC(=O)C1CC(C)c2ccccc2C1=O. The third-order valence-corrected chi connectivity index (χ3v) is 4.58. The van der Waals surface area contributed by atoms with Crippen LogP contribution in [0.3, 0.4) is 0 Å². The van der Waals surface area contributed by atoms with E-state index in [4.69, 9.17) is 0 Å². The van der Waals surface area contributed by atoms with Crippen LogP contribution in [0.5, 0.6) is 0 Å². The molecule has 0 saturated heterocycles. The van der Waals surface area contributed by atoms with E-state index < -0.39 is 5.92 Å². The molecule has 2 nitrogen and oxygen atoms in total. The van der Waals surface area contributed by atoms with Crippen LogP contribution >= 0.6 is 0 Å². The van der Waals surface area contributed by atoms with Crippen LogP contribution in [0.4, 0.5) is 0 Å². The zero-order valence-electron chi connectivity index (χ0n) is 13.2. The van der Waals surface area contributed by atoms with Crippen molar-refractivity contribution in [3.05, 3.63) is 35.4 Å². The van der Waals surface area contributed by atoms with E-state index in [1.165, 1.54) is 19.3 Å². The van der Waals surface area contributed by atoms with Crippen LogP contribution < -0.4 is 0 Å². The summed E-state index contributed by atoms with van der Waals surface area (Å²) >= 11 is 0. The second-order valence-corrected chi connectivity index (χ2v) is 6.27. The molecule has 0 saturated carbocycles. The molecule has 2 rings (SSSR count). The average molecular weight is 286 g/mol. The summed E-state index contributed by atoms with van der Waals surface area (Å²) in [4.78, 5) is 24.9. The minimum atomic E-state index is -0.402. The van der Waals surface area contributed by atoms with Crippen molar-refractivity contribution < 1.29 is 9.59 Å². The van der Waals surface area contributed by atoms with Gasteiger partial charge in [0.2, 0.25) is 0 Å². The molecule has 0 radical (unpaired) electrons. The van der Waals surface area contributed by atoms with E-state index in [0.717, 1.165) is 24.0 Å². The number of fused-ring (bicyclic) bond motifs is 1. The highest BCUT2D eigenvalue weighted by Crippen LogP contribution is 2.35. The Morgan fingerprint density at radius 1 is 1.14 bits per heavy atom. The maximum atomic E-state index is 12.5. The van der Waals surface area contributed by atoms with E-state index in [9.17, 15) is 9.59 Å². The van der Waals surface area contributed by atoms with Gasteiger partial charge in [0.05, 0.1) is 5.92 Å². The van der Waals surface area contributed by atoms with Crippen LogP contribution in [0.25, 0.3) is 0 Å². The van der Waals surface area contributed by atoms with Crippen molar-refractivity contribution in [2.45, 2.75) is 64.7 Å². The Kier molecular flexibility index (Phi) is 5.72. The summed E-state index contributed by atoms with van der Waals surface area (Å²) in [6.07, 6.45) is 6.93. The molecule has 21 heavy (non-hydrogen) atoms. The van der Waals surface area contributed by atoms with Gasteiger partial charge in [0.15, 0.2) is 5.78 Å². The molecular formula is C19H26O2. The minimum absolute atomic E-state index is 0.0438. The van der Waals surface area contributed by atoms with Crippen molar-refractivity contribution in [3.63, 3.8) is 0 Å². The molecule has 114 valence electrons. The molecule has 0 heterocycles. The second-order valence-electron chi connectivity index (χ2n) is 6.27. The lowest BCUT2D eigenvalue weighted by Crippen LogP contribution is -2.30. The molecule has 0 amide bonds. The number of ketones is 2. The number of benzene rings is 1. The molecule has 2 heteroatoms. The lowest BCUT2D eigenvalue weighted by atomic mass is 9.74. The Morgan fingerprint density at radius 2 is 1.86 bits per heavy atom. The van der Waals surface area contributed by atoms with Crippen LogP contribution in [-0.4, -0.2) is 11.6 Å².